The summed E-state index contributed by atoms with van der Waals surface area (Å²) in [5.74, 6) is 0.347. The lowest BCUT2D eigenvalue weighted by atomic mass is 9.99. The highest BCUT2D eigenvalue weighted by Gasteiger charge is 2.19. The molecule has 0 spiro atoms. The molecule has 1 aromatic carbocycles. The zero-order valence-electron chi connectivity index (χ0n) is 11.6. The lowest BCUT2D eigenvalue weighted by Crippen LogP contribution is -2.17. The number of nitriles is 1. The van der Waals surface area contributed by atoms with E-state index < -0.39 is 10.8 Å². The van der Waals surface area contributed by atoms with E-state index in [-0.39, 0.29) is 5.25 Å². The molecular formula is C16H21NOS. The number of hydrogen-bond donors (Lipinski definition) is 0. The number of hydrogen-bond acceptors (Lipinski definition) is 2. The molecule has 1 aromatic rings. The highest BCUT2D eigenvalue weighted by molar-refractivity contribution is 7.86. The Hall–Kier alpha value is -1.40. The molecule has 3 heteroatoms. The molecule has 0 amide bonds. The van der Waals surface area contributed by atoms with Crippen LogP contribution in [0.3, 0.4) is 0 Å². The first-order chi connectivity index (χ1) is 9.06. The SMILES string of the molecule is C=C(C)C(CCC(C)CC#N)S(=O)c1ccccc1. The topological polar surface area (TPSA) is 40.9 Å². The summed E-state index contributed by atoms with van der Waals surface area (Å²) in [7, 11) is -1.05. The highest BCUT2D eigenvalue weighted by atomic mass is 32.2. The third kappa shape index (κ3) is 5.00. The number of benzene rings is 1. The standard InChI is InChI=1S/C16H21NOS/c1-13(2)16(10-9-14(3)11-12-17)19(18)15-7-5-4-6-8-15/h4-8,14,16H,1,9-11H2,2-3H3. The lowest BCUT2D eigenvalue weighted by Gasteiger charge is -2.18. The molecule has 0 saturated carbocycles. The van der Waals surface area contributed by atoms with E-state index in [1.165, 1.54) is 0 Å². The Morgan fingerprint density at radius 1 is 1.37 bits per heavy atom. The Labute approximate surface area is 118 Å². The van der Waals surface area contributed by atoms with Gasteiger partial charge in [-0.1, -0.05) is 37.3 Å². The fraction of sp³-hybridized carbons (Fsp3) is 0.438. The summed E-state index contributed by atoms with van der Waals surface area (Å²) < 4.78 is 12.5. The fourth-order valence-corrected chi connectivity index (χ4v) is 3.42. The van der Waals surface area contributed by atoms with Crippen molar-refractivity contribution in [1.29, 1.82) is 5.26 Å². The maximum absolute atomic E-state index is 12.5. The number of nitrogens with zero attached hydrogens (tertiary/aromatic N) is 1. The molecule has 3 atom stereocenters. The van der Waals surface area contributed by atoms with E-state index >= 15 is 0 Å². The fourth-order valence-electron chi connectivity index (χ4n) is 1.95. The lowest BCUT2D eigenvalue weighted by molar-refractivity contribution is 0.520. The van der Waals surface area contributed by atoms with Gasteiger partial charge in [-0.25, -0.2) is 0 Å². The molecule has 2 nitrogen and oxygen atoms in total. The Morgan fingerprint density at radius 3 is 2.53 bits per heavy atom. The van der Waals surface area contributed by atoms with Gasteiger partial charge in [-0.2, -0.15) is 5.26 Å². The van der Waals surface area contributed by atoms with Gasteiger partial charge in [0.05, 0.1) is 22.1 Å². The van der Waals surface area contributed by atoms with Crippen molar-refractivity contribution in [1.82, 2.24) is 0 Å². The Balaban J connectivity index is 2.71. The molecule has 1 rings (SSSR count). The van der Waals surface area contributed by atoms with Gasteiger partial charge in [0, 0.05) is 11.3 Å². The van der Waals surface area contributed by atoms with Crippen LogP contribution in [0.15, 0.2) is 47.4 Å². The van der Waals surface area contributed by atoms with Gasteiger partial charge in [0.1, 0.15) is 0 Å². The molecule has 0 bridgehead atoms. The second-order valence-corrected chi connectivity index (χ2v) is 6.63. The highest BCUT2D eigenvalue weighted by Crippen LogP contribution is 2.23. The molecule has 0 aliphatic rings. The normalized spacial score (nSPS) is 15.2. The zero-order valence-corrected chi connectivity index (χ0v) is 12.5. The van der Waals surface area contributed by atoms with E-state index in [0.717, 1.165) is 23.3 Å². The molecule has 3 unspecified atom stereocenters. The van der Waals surface area contributed by atoms with Crippen LogP contribution >= 0.6 is 0 Å². The molecular weight excluding hydrogens is 254 g/mol. The molecule has 0 radical (unpaired) electrons. The van der Waals surface area contributed by atoms with Crippen LogP contribution in [0.1, 0.15) is 33.1 Å². The van der Waals surface area contributed by atoms with Gasteiger partial charge < -0.3 is 0 Å². The Morgan fingerprint density at radius 2 is 2.00 bits per heavy atom. The van der Waals surface area contributed by atoms with Crippen molar-refractivity contribution >= 4 is 10.8 Å². The summed E-state index contributed by atoms with van der Waals surface area (Å²) in [6, 6.07) is 11.7. The number of rotatable bonds is 7. The molecule has 0 aromatic heterocycles. The van der Waals surface area contributed by atoms with Crippen LogP contribution in [0.4, 0.5) is 0 Å². The van der Waals surface area contributed by atoms with Crippen molar-refractivity contribution < 1.29 is 4.21 Å². The maximum Gasteiger partial charge on any atom is 0.0624 e. The van der Waals surface area contributed by atoms with Gasteiger partial charge in [-0.15, -0.1) is 0 Å². The first-order valence-electron chi connectivity index (χ1n) is 6.54. The molecule has 0 saturated heterocycles. The molecule has 102 valence electrons. The third-order valence-corrected chi connectivity index (χ3v) is 5.04. The van der Waals surface area contributed by atoms with Gasteiger partial charge in [-0.3, -0.25) is 4.21 Å². The average molecular weight is 275 g/mol. The molecule has 0 aliphatic carbocycles. The smallest absolute Gasteiger partial charge is 0.0624 e. The zero-order chi connectivity index (χ0) is 14.3. The van der Waals surface area contributed by atoms with Crippen LogP contribution in [0.25, 0.3) is 0 Å². The first-order valence-corrected chi connectivity index (χ1v) is 7.75. The van der Waals surface area contributed by atoms with Gasteiger partial charge >= 0.3 is 0 Å². The van der Waals surface area contributed by atoms with E-state index in [0.29, 0.717) is 12.3 Å². The van der Waals surface area contributed by atoms with Crippen LogP contribution in [0.2, 0.25) is 0 Å². The van der Waals surface area contributed by atoms with Crippen LogP contribution in [-0.4, -0.2) is 9.46 Å². The van der Waals surface area contributed by atoms with Crippen LogP contribution in [0.5, 0.6) is 0 Å². The molecule has 0 fully saturated rings. The Kier molecular flexibility index (Phi) is 6.52. The second-order valence-electron chi connectivity index (χ2n) is 4.99. The molecule has 0 heterocycles. The molecule has 0 aliphatic heterocycles. The maximum atomic E-state index is 12.5. The summed E-state index contributed by atoms with van der Waals surface area (Å²) in [4.78, 5) is 0.850. The largest absolute Gasteiger partial charge is 0.254 e. The van der Waals surface area contributed by atoms with Crippen molar-refractivity contribution in [3.63, 3.8) is 0 Å². The second kappa shape index (κ2) is 7.91. The summed E-state index contributed by atoms with van der Waals surface area (Å²) in [5, 5.41) is 8.65. The van der Waals surface area contributed by atoms with Crippen LogP contribution in [-0.2, 0) is 10.8 Å². The van der Waals surface area contributed by atoms with Gasteiger partial charge in [0.2, 0.25) is 0 Å². The summed E-state index contributed by atoms with van der Waals surface area (Å²) in [5.41, 5.74) is 0.950. The van der Waals surface area contributed by atoms with Crippen LogP contribution < -0.4 is 0 Å². The summed E-state index contributed by atoms with van der Waals surface area (Å²) >= 11 is 0. The van der Waals surface area contributed by atoms with Crippen molar-refractivity contribution in [2.45, 2.75) is 43.3 Å². The molecule has 19 heavy (non-hydrogen) atoms. The van der Waals surface area contributed by atoms with Crippen LogP contribution in [0, 0.1) is 17.2 Å². The van der Waals surface area contributed by atoms with E-state index in [4.69, 9.17) is 5.26 Å². The first kappa shape index (κ1) is 15.7. The Bertz CT molecular complexity index is 475. The van der Waals surface area contributed by atoms with Crippen molar-refractivity contribution in [2.75, 3.05) is 0 Å². The minimum Gasteiger partial charge on any atom is -0.254 e. The minimum absolute atomic E-state index is 0.0245. The average Bonchev–Trinajstić information content (AvgIpc) is 2.39. The molecule has 0 N–H and O–H groups in total. The van der Waals surface area contributed by atoms with Crippen molar-refractivity contribution in [3.8, 4) is 6.07 Å². The monoisotopic (exact) mass is 275 g/mol. The third-order valence-electron chi connectivity index (χ3n) is 3.14. The van der Waals surface area contributed by atoms with Gasteiger partial charge in [0.15, 0.2) is 0 Å². The minimum atomic E-state index is -1.05. The van der Waals surface area contributed by atoms with Crippen molar-refractivity contribution in [3.05, 3.63) is 42.5 Å². The predicted molar refractivity (Wildman–Crippen MR) is 80.1 cm³/mol. The van der Waals surface area contributed by atoms with Crippen molar-refractivity contribution in [2.24, 2.45) is 5.92 Å². The van der Waals surface area contributed by atoms with E-state index in [2.05, 4.69) is 19.6 Å². The van der Waals surface area contributed by atoms with E-state index in [9.17, 15) is 4.21 Å². The van der Waals surface area contributed by atoms with E-state index in [1.54, 1.807) is 0 Å². The van der Waals surface area contributed by atoms with E-state index in [1.807, 2.05) is 37.3 Å². The summed E-state index contributed by atoms with van der Waals surface area (Å²) in [6.07, 6.45) is 2.28. The summed E-state index contributed by atoms with van der Waals surface area (Å²) in [6.45, 7) is 7.96. The van der Waals surface area contributed by atoms with Gasteiger partial charge in [0.25, 0.3) is 0 Å². The predicted octanol–water partition coefficient (Wildman–Crippen LogP) is 4.07. The van der Waals surface area contributed by atoms with Gasteiger partial charge in [-0.05, 0) is 37.8 Å². The quantitative estimate of drug-likeness (QED) is 0.704.